The van der Waals surface area contributed by atoms with E-state index in [1.54, 1.807) is 7.11 Å². The third-order valence-corrected chi connectivity index (χ3v) is 3.40. The molecule has 0 radical (unpaired) electrons. The second-order valence-electron chi connectivity index (χ2n) is 4.77. The molecule has 0 bridgehead atoms. The Hall–Kier alpha value is -0.120. The molecule has 15 heavy (non-hydrogen) atoms. The molecule has 2 atom stereocenters. The number of nitrogens with zero attached hydrogens (tertiary/aromatic N) is 1. The first-order chi connectivity index (χ1) is 7.20. The molecule has 0 saturated carbocycles. The Balaban J connectivity index is 2.61. The van der Waals surface area contributed by atoms with Crippen LogP contribution in [-0.4, -0.2) is 50.3 Å². The minimum absolute atomic E-state index is 0.571. The largest absolute Gasteiger partial charge is 0.383 e. The van der Waals surface area contributed by atoms with Gasteiger partial charge in [0.25, 0.3) is 0 Å². The van der Waals surface area contributed by atoms with Crippen LogP contribution in [0.15, 0.2) is 0 Å². The Morgan fingerprint density at radius 1 is 1.47 bits per heavy atom. The summed E-state index contributed by atoms with van der Waals surface area (Å²) in [7, 11) is 1.80. The lowest BCUT2D eigenvalue weighted by Gasteiger charge is -2.42. The summed E-state index contributed by atoms with van der Waals surface area (Å²) in [5.41, 5.74) is 0. The lowest BCUT2D eigenvalue weighted by molar-refractivity contribution is 0.0232. The van der Waals surface area contributed by atoms with Gasteiger partial charge in [0.15, 0.2) is 0 Å². The van der Waals surface area contributed by atoms with Crippen molar-refractivity contribution in [2.75, 3.05) is 33.4 Å². The van der Waals surface area contributed by atoms with Gasteiger partial charge in [0.1, 0.15) is 0 Å². The van der Waals surface area contributed by atoms with Gasteiger partial charge < -0.3 is 10.1 Å². The molecule has 0 amide bonds. The number of methoxy groups -OCH3 is 1. The number of nitrogens with one attached hydrogen (secondary N) is 1. The smallest absolute Gasteiger partial charge is 0.0620 e. The quantitative estimate of drug-likeness (QED) is 0.747. The van der Waals surface area contributed by atoms with E-state index in [4.69, 9.17) is 4.74 Å². The van der Waals surface area contributed by atoms with E-state index >= 15 is 0 Å². The van der Waals surface area contributed by atoms with E-state index in [-0.39, 0.29) is 0 Å². The minimum atomic E-state index is 0.571. The van der Waals surface area contributed by atoms with Crippen molar-refractivity contribution in [3.63, 3.8) is 0 Å². The molecule has 0 aliphatic carbocycles. The maximum absolute atomic E-state index is 5.35. The number of hydrogen-bond donors (Lipinski definition) is 1. The highest BCUT2D eigenvalue weighted by Crippen LogP contribution is 2.17. The number of hydrogen-bond acceptors (Lipinski definition) is 3. The van der Waals surface area contributed by atoms with Crippen LogP contribution in [0.5, 0.6) is 0 Å². The molecule has 3 heteroatoms. The fourth-order valence-corrected chi connectivity index (χ4v) is 2.43. The maximum Gasteiger partial charge on any atom is 0.0620 e. The summed E-state index contributed by atoms with van der Waals surface area (Å²) in [4.78, 5) is 2.63. The van der Waals surface area contributed by atoms with Crippen LogP contribution in [0.3, 0.4) is 0 Å². The number of ether oxygens (including phenoxy) is 1. The third-order valence-electron chi connectivity index (χ3n) is 3.40. The Labute approximate surface area is 94.2 Å². The van der Waals surface area contributed by atoms with E-state index in [1.165, 1.54) is 6.42 Å². The van der Waals surface area contributed by atoms with Crippen molar-refractivity contribution in [3.8, 4) is 0 Å². The van der Waals surface area contributed by atoms with E-state index in [1.807, 2.05) is 0 Å². The first-order valence-electron chi connectivity index (χ1n) is 6.16. The lowest BCUT2D eigenvalue weighted by atomic mass is 9.99. The van der Waals surface area contributed by atoms with Crippen LogP contribution in [0, 0.1) is 5.92 Å². The summed E-state index contributed by atoms with van der Waals surface area (Å²) in [6.45, 7) is 11.1. The average molecular weight is 214 g/mol. The SMILES string of the molecule is CCC1CNCCN1C(COC)C(C)C. The van der Waals surface area contributed by atoms with Gasteiger partial charge in [-0.3, -0.25) is 4.90 Å². The van der Waals surface area contributed by atoms with Gasteiger partial charge in [0, 0.05) is 38.8 Å². The predicted octanol–water partition coefficient (Wildman–Crippen LogP) is 1.34. The van der Waals surface area contributed by atoms with Crippen LogP contribution in [0.25, 0.3) is 0 Å². The molecule has 90 valence electrons. The molecule has 1 aliphatic rings. The zero-order valence-corrected chi connectivity index (χ0v) is 10.6. The standard InChI is InChI=1S/C12H26N2O/c1-5-11-8-13-6-7-14(11)12(9-15-4)10(2)3/h10-13H,5-9H2,1-4H3. The van der Waals surface area contributed by atoms with Crippen LogP contribution in [0.2, 0.25) is 0 Å². The first kappa shape index (κ1) is 12.9. The molecule has 3 nitrogen and oxygen atoms in total. The fraction of sp³-hybridized carbons (Fsp3) is 1.00. The highest BCUT2D eigenvalue weighted by atomic mass is 16.5. The van der Waals surface area contributed by atoms with Gasteiger partial charge >= 0.3 is 0 Å². The average Bonchev–Trinajstić information content (AvgIpc) is 2.25. The summed E-state index contributed by atoms with van der Waals surface area (Å²) >= 11 is 0. The summed E-state index contributed by atoms with van der Waals surface area (Å²) in [5, 5.41) is 3.47. The minimum Gasteiger partial charge on any atom is -0.383 e. The normalized spacial score (nSPS) is 25.8. The molecular formula is C12H26N2O. The molecule has 0 aromatic heterocycles. The second kappa shape index (κ2) is 6.46. The summed E-state index contributed by atoms with van der Waals surface area (Å²) in [6.07, 6.45) is 1.22. The number of rotatable bonds is 5. The third kappa shape index (κ3) is 3.44. The van der Waals surface area contributed by atoms with Crippen molar-refractivity contribution in [2.24, 2.45) is 5.92 Å². The van der Waals surface area contributed by atoms with Crippen molar-refractivity contribution in [1.82, 2.24) is 10.2 Å². The second-order valence-corrected chi connectivity index (χ2v) is 4.77. The summed E-state index contributed by atoms with van der Waals surface area (Å²) < 4.78 is 5.35. The van der Waals surface area contributed by atoms with Crippen LogP contribution in [0.1, 0.15) is 27.2 Å². The zero-order valence-electron chi connectivity index (χ0n) is 10.6. The van der Waals surface area contributed by atoms with Crippen molar-refractivity contribution >= 4 is 0 Å². The fourth-order valence-electron chi connectivity index (χ4n) is 2.43. The van der Waals surface area contributed by atoms with Crippen molar-refractivity contribution < 1.29 is 4.74 Å². The molecule has 0 aromatic rings. The van der Waals surface area contributed by atoms with E-state index in [0.29, 0.717) is 18.0 Å². The topological polar surface area (TPSA) is 24.5 Å². The molecule has 1 N–H and O–H groups in total. The Morgan fingerprint density at radius 3 is 2.73 bits per heavy atom. The van der Waals surface area contributed by atoms with Gasteiger partial charge in [0.2, 0.25) is 0 Å². The van der Waals surface area contributed by atoms with Gasteiger partial charge in [-0.1, -0.05) is 20.8 Å². The van der Waals surface area contributed by atoms with Crippen LogP contribution >= 0.6 is 0 Å². The highest BCUT2D eigenvalue weighted by Gasteiger charge is 2.29. The number of piperazine rings is 1. The highest BCUT2D eigenvalue weighted by molar-refractivity contribution is 4.85. The molecule has 1 aliphatic heterocycles. The molecule has 0 aromatic carbocycles. The molecule has 1 heterocycles. The van der Waals surface area contributed by atoms with Crippen molar-refractivity contribution in [2.45, 2.75) is 39.3 Å². The van der Waals surface area contributed by atoms with Crippen LogP contribution in [0.4, 0.5) is 0 Å². The van der Waals surface area contributed by atoms with Gasteiger partial charge in [-0.15, -0.1) is 0 Å². The van der Waals surface area contributed by atoms with Crippen molar-refractivity contribution in [1.29, 1.82) is 0 Å². The van der Waals surface area contributed by atoms with Crippen LogP contribution in [-0.2, 0) is 4.74 Å². The Bertz CT molecular complexity index is 173. The maximum atomic E-state index is 5.35. The zero-order chi connectivity index (χ0) is 11.3. The van der Waals surface area contributed by atoms with Gasteiger partial charge in [-0.25, -0.2) is 0 Å². The Morgan fingerprint density at radius 2 is 2.20 bits per heavy atom. The monoisotopic (exact) mass is 214 g/mol. The molecule has 1 fully saturated rings. The predicted molar refractivity (Wildman–Crippen MR) is 64.2 cm³/mol. The van der Waals surface area contributed by atoms with Gasteiger partial charge in [-0.2, -0.15) is 0 Å². The molecule has 0 spiro atoms. The van der Waals surface area contributed by atoms with Crippen LogP contribution < -0.4 is 5.32 Å². The molecule has 1 rings (SSSR count). The van der Waals surface area contributed by atoms with Gasteiger partial charge in [0.05, 0.1) is 6.61 Å². The van der Waals surface area contributed by atoms with Crippen molar-refractivity contribution in [3.05, 3.63) is 0 Å². The van der Waals surface area contributed by atoms with E-state index in [0.717, 1.165) is 26.2 Å². The summed E-state index contributed by atoms with van der Waals surface area (Å²) in [6, 6.07) is 1.25. The summed E-state index contributed by atoms with van der Waals surface area (Å²) in [5.74, 6) is 0.664. The molecular weight excluding hydrogens is 188 g/mol. The lowest BCUT2D eigenvalue weighted by Crippen LogP contribution is -2.57. The van der Waals surface area contributed by atoms with E-state index in [2.05, 4.69) is 31.0 Å². The molecule has 1 saturated heterocycles. The van der Waals surface area contributed by atoms with Gasteiger partial charge in [-0.05, 0) is 12.3 Å². The molecule has 2 unspecified atom stereocenters. The first-order valence-corrected chi connectivity index (χ1v) is 6.16. The van der Waals surface area contributed by atoms with E-state index < -0.39 is 0 Å². The van der Waals surface area contributed by atoms with E-state index in [9.17, 15) is 0 Å². The Kier molecular flexibility index (Phi) is 5.58.